The minimum atomic E-state index is 0.762. The third kappa shape index (κ3) is 3.33. The maximum Gasteiger partial charge on any atom is 0.189 e. The van der Waals surface area contributed by atoms with Crippen LogP contribution in [0.25, 0.3) is 10.2 Å². The second-order valence-corrected chi connectivity index (χ2v) is 7.89. The van der Waals surface area contributed by atoms with Gasteiger partial charge in [-0.1, -0.05) is 6.58 Å². The molecule has 6 nitrogen and oxygen atoms in total. The average Bonchev–Trinajstić information content (AvgIpc) is 3.31. The molecule has 4 rings (SSSR count). The van der Waals surface area contributed by atoms with Crippen LogP contribution < -0.4 is 0 Å². The highest BCUT2D eigenvalue weighted by Crippen LogP contribution is 2.33. The number of hydrazone groups is 1. The number of amidine groups is 1. The summed E-state index contributed by atoms with van der Waals surface area (Å²) in [5.74, 6) is 0. The van der Waals surface area contributed by atoms with Gasteiger partial charge in [-0.05, 0) is 48.5 Å². The lowest BCUT2D eigenvalue weighted by Crippen LogP contribution is -2.25. The van der Waals surface area contributed by atoms with Crippen LogP contribution in [-0.2, 0) is 7.05 Å². The minimum Gasteiger partial charge on any atom is -0.275 e. The van der Waals surface area contributed by atoms with E-state index in [-0.39, 0.29) is 0 Å². The third-order valence-electron chi connectivity index (χ3n) is 4.19. The summed E-state index contributed by atoms with van der Waals surface area (Å²) in [7, 11) is 3.66. The molecule has 3 aromatic rings. The zero-order chi connectivity index (χ0) is 19.0. The maximum absolute atomic E-state index is 4.74. The molecule has 0 saturated heterocycles. The first-order valence-electron chi connectivity index (χ1n) is 8.29. The molecule has 1 aliphatic rings. The summed E-state index contributed by atoms with van der Waals surface area (Å²) in [6.07, 6.45) is 7.63. The number of fused-ring (bicyclic) bond motifs is 1. The van der Waals surface area contributed by atoms with Crippen LogP contribution >= 0.6 is 23.1 Å². The van der Waals surface area contributed by atoms with Gasteiger partial charge in [-0.15, -0.1) is 11.3 Å². The first-order chi connectivity index (χ1) is 13.1. The topological polar surface area (TPSA) is 58.7 Å². The Morgan fingerprint density at radius 1 is 1.30 bits per heavy atom. The van der Waals surface area contributed by atoms with Crippen molar-refractivity contribution in [2.45, 2.75) is 11.8 Å². The van der Waals surface area contributed by atoms with E-state index < -0.39 is 0 Å². The Hall–Kier alpha value is -2.71. The number of hydrogen-bond acceptors (Lipinski definition) is 6. The van der Waals surface area contributed by atoms with E-state index in [2.05, 4.69) is 34.6 Å². The SMILES string of the molecule is C=C1C=CC(c2cnn(C)c2)=NN1C(=NC)Sc1ccc2ncsc2c1C. The molecule has 0 spiro atoms. The molecular weight excluding hydrogens is 376 g/mol. The van der Waals surface area contributed by atoms with Crippen LogP contribution in [0.15, 0.2) is 69.5 Å². The van der Waals surface area contributed by atoms with Gasteiger partial charge in [0.05, 0.1) is 33.3 Å². The van der Waals surface area contributed by atoms with Crippen molar-refractivity contribution in [3.8, 4) is 0 Å². The molecular formula is C19H18N6S2. The van der Waals surface area contributed by atoms with Gasteiger partial charge in [0.1, 0.15) is 0 Å². The highest BCUT2D eigenvalue weighted by atomic mass is 32.2. The maximum atomic E-state index is 4.74. The number of aromatic nitrogens is 3. The molecule has 0 fully saturated rings. The largest absolute Gasteiger partial charge is 0.275 e. The Kier molecular flexibility index (Phi) is 4.67. The van der Waals surface area contributed by atoms with Crippen LogP contribution in [0.5, 0.6) is 0 Å². The predicted molar refractivity (Wildman–Crippen MR) is 113 cm³/mol. The van der Waals surface area contributed by atoms with Crippen molar-refractivity contribution in [3.05, 3.63) is 65.6 Å². The van der Waals surface area contributed by atoms with E-state index in [1.807, 2.05) is 37.0 Å². The van der Waals surface area contributed by atoms with Crippen molar-refractivity contribution in [2.24, 2.45) is 17.1 Å². The summed E-state index contributed by atoms with van der Waals surface area (Å²) in [4.78, 5) is 9.99. The molecule has 1 aromatic carbocycles. The monoisotopic (exact) mass is 394 g/mol. The Morgan fingerprint density at radius 3 is 2.89 bits per heavy atom. The fourth-order valence-corrected chi connectivity index (χ4v) is 4.55. The molecule has 2 aromatic heterocycles. The number of allylic oxidation sites excluding steroid dienone is 2. The number of thioether (sulfide) groups is 1. The van der Waals surface area contributed by atoms with Crippen LogP contribution in [0.2, 0.25) is 0 Å². The quantitative estimate of drug-likeness (QED) is 0.371. The van der Waals surface area contributed by atoms with Gasteiger partial charge in [-0.25, -0.2) is 9.99 Å². The van der Waals surface area contributed by atoms with Crippen LogP contribution in [-0.4, -0.2) is 37.7 Å². The molecule has 0 aliphatic carbocycles. The molecule has 136 valence electrons. The first kappa shape index (κ1) is 17.7. The summed E-state index contributed by atoms with van der Waals surface area (Å²) in [5.41, 5.74) is 6.66. The van der Waals surface area contributed by atoms with Gasteiger partial charge in [0, 0.05) is 30.8 Å². The van der Waals surface area contributed by atoms with Crippen LogP contribution in [0.4, 0.5) is 0 Å². The fraction of sp³-hybridized carbons (Fsp3) is 0.158. The molecule has 0 atom stereocenters. The Labute approximate surface area is 165 Å². The number of nitrogens with zero attached hydrogens (tertiary/aromatic N) is 6. The van der Waals surface area contributed by atoms with E-state index in [1.165, 1.54) is 10.3 Å². The standard InChI is InChI=1S/C19H18N6S2/c1-12-5-6-15(14-9-22-24(4)10-14)23-25(12)19(20-3)27-17-8-7-16-18(13(17)2)26-11-21-16/h5-11H,1H2,2-4H3. The molecule has 0 bridgehead atoms. The number of thiazole rings is 1. The Balaban J connectivity index is 1.66. The molecule has 0 saturated carbocycles. The van der Waals surface area contributed by atoms with Crippen molar-refractivity contribution in [3.63, 3.8) is 0 Å². The molecule has 0 unspecified atom stereocenters. The third-order valence-corrected chi connectivity index (χ3v) is 6.35. The molecule has 3 heterocycles. The Morgan fingerprint density at radius 2 is 2.15 bits per heavy atom. The highest BCUT2D eigenvalue weighted by Gasteiger charge is 2.20. The molecule has 1 aliphatic heterocycles. The molecule has 0 amide bonds. The summed E-state index contributed by atoms with van der Waals surface area (Å²) in [5, 5.41) is 11.5. The van der Waals surface area contributed by atoms with Gasteiger partial charge >= 0.3 is 0 Å². The lowest BCUT2D eigenvalue weighted by Gasteiger charge is -2.24. The molecule has 8 heteroatoms. The van der Waals surface area contributed by atoms with Crippen molar-refractivity contribution >= 4 is 44.2 Å². The lowest BCUT2D eigenvalue weighted by molar-refractivity contribution is 0.577. The van der Waals surface area contributed by atoms with E-state index >= 15 is 0 Å². The van der Waals surface area contributed by atoms with Crippen LogP contribution in [0.3, 0.4) is 0 Å². The average molecular weight is 395 g/mol. The predicted octanol–water partition coefficient (Wildman–Crippen LogP) is 4.21. The lowest BCUT2D eigenvalue weighted by atomic mass is 10.2. The van der Waals surface area contributed by atoms with Crippen molar-refractivity contribution in [1.82, 2.24) is 19.8 Å². The molecule has 27 heavy (non-hydrogen) atoms. The van der Waals surface area contributed by atoms with Crippen LogP contribution in [0, 0.1) is 6.92 Å². The van der Waals surface area contributed by atoms with Crippen molar-refractivity contribution < 1.29 is 0 Å². The van der Waals surface area contributed by atoms with E-state index in [0.717, 1.165) is 32.6 Å². The van der Waals surface area contributed by atoms with Gasteiger partial charge in [0.2, 0.25) is 0 Å². The van der Waals surface area contributed by atoms with Gasteiger partial charge in [0.25, 0.3) is 0 Å². The number of benzene rings is 1. The molecule has 0 N–H and O–H groups in total. The van der Waals surface area contributed by atoms with Crippen LogP contribution in [0.1, 0.15) is 11.1 Å². The summed E-state index contributed by atoms with van der Waals surface area (Å²) < 4.78 is 2.96. The number of hydrogen-bond donors (Lipinski definition) is 0. The van der Waals surface area contributed by atoms with E-state index in [4.69, 9.17) is 5.10 Å². The van der Waals surface area contributed by atoms with Gasteiger partial charge in [0.15, 0.2) is 5.17 Å². The van der Waals surface area contributed by atoms with E-state index in [0.29, 0.717) is 0 Å². The minimum absolute atomic E-state index is 0.762. The summed E-state index contributed by atoms with van der Waals surface area (Å²) in [6, 6.07) is 4.13. The van der Waals surface area contributed by atoms with Crippen molar-refractivity contribution in [2.75, 3.05) is 7.05 Å². The molecule has 0 radical (unpaired) electrons. The number of aliphatic imine (C=N–C) groups is 1. The first-order valence-corrected chi connectivity index (χ1v) is 9.98. The van der Waals surface area contributed by atoms with E-state index in [1.54, 1.807) is 46.0 Å². The summed E-state index contributed by atoms with van der Waals surface area (Å²) >= 11 is 3.23. The number of rotatable bonds is 2. The summed E-state index contributed by atoms with van der Waals surface area (Å²) in [6.45, 7) is 6.23. The van der Waals surface area contributed by atoms with E-state index in [9.17, 15) is 0 Å². The highest BCUT2D eigenvalue weighted by molar-refractivity contribution is 8.13. The Bertz CT molecular complexity index is 1120. The normalized spacial score (nSPS) is 14.9. The fourth-order valence-electron chi connectivity index (χ4n) is 2.76. The van der Waals surface area contributed by atoms with Gasteiger partial charge < -0.3 is 0 Å². The zero-order valence-electron chi connectivity index (χ0n) is 15.2. The smallest absolute Gasteiger partial charge is 0.189 e. The van der Waals surface area contributed by atoms with Crippen molar-refractivity contribution in [1.29, 1.82) is 0 Å². The second kappa shape index (κ2) is 7.13. The zero-order valence-corrected chi connectivity index (χ0v) is 16.9. The van der Waals surface area contributed by atoms with Gasteiger partial charge in [-0.2, -0.15) is 10.2 Å². The number of aryl methyl sites for hydroxylation is 2. The second-order valence-electron chi connectivity index (χ2n) is 6.02. The van der Waals surface area contributed by atoms with Gasteiger partial charge in [-0.3, -0.25) is 9.67 Å².